The number of carbonyl (C=O) groups excluding carboxylic acids is 1. The number of nitrogens with zero attached hydrogens (tertiary/aromatic N) is 7. The molecule has 0 bridgehead atoms. The molecule has 1 spiro atoms. The minimum absolute atomic E-state index is 0.295. The van der Waals surface area contributed by atoms with Crippen LogP contribution in [0.4, 0.5) is 20.9 Å². The van der Waals surface area contributed by atoms with Gasteiger partial charge in [0.25, 0.3) is 0 Å². The molecule has 0 atom stereocenters. The van der Waals surface area contributed by atoms with Crippen LogP contribution < -0.4 is 9.80 Å². The molecule has 0 amide bonds. The molecule has 8 nitrogen and oxygen atoms in total. The van der Waals surface area contributed by atoms with Crippen LogP contribution in [0.15, 0.2) is 36.4 Å². The van der Waals surface area contributed by atoms with E-state index in [4.69, 9.17) is 10.1 Å². The molecule has 210 valence electrons. The molecule has 3 aromatic heterocycles. The standard InChI is InChI=1S/C31H32FN7OS/c1-4-24-29(36(3)30-34-28(27(13-33)41-30)21-7-9-22(32)10-8-21)25-12-23(11-19(2)39(25)35-24)38-17-31(18-38)15-37(16-31)14-26(40)20-5-6-20/h7-12,20H,4-6,14-18H2,1-3H3. The lowest BCUT2D eigenvalue weighted by molar-refractivity contribution is -0.125. The Balaban J connectivity index is 1.16. The predicted octanol–water partition coefficient (Wildman–Crippen LogP) is 5.21. The molecular weight excluding hydrogens is 537 g/mol. The van der Waals surface area contributed by atoms with Crippen molar-refractivity contribution < 1.29 is 9.18 Å². The summed E-state index contributed by atoms with van der Waals surface area (Å²) in [6, 6.07) is 12.8. The number of aryl methyl sites for hydroxylation is 2. The smallest absolute Gasteiger partial charge is 0.191 e. The molecule has 1 saturated carbocycles. The Morgan fingerprint density at radius 1 is 1.20 bits per heavy atom. The van der Waals surface area contributed by atoms with Crippen LogP contribution in [0, 0.1) is 35.4 Å². The number of fused-ring (bicyclic) bond motifs is 1. The van der Waals surface area contributed by atoms with Gasteiger partial charge < -0.3 is 9.80 Å². The van der Waals surface area contributed by atoms with Gasteiger partial charge in [-0.05, 0) is 62.6 Å². The number of halogens is 1. The van der Waals surface area contributed by atoms with Gasteiger partial charge in [0.2, 0.25) is 0 Å². The number of likely N-dealkylation sites (tertiary alicyclic amines) is 1. The molecule has 0 N–H and O–H groups in total. The number of nitriles is 1. The van der Waals surface area contributed by atoms with Gasteiger partial charge in [0.05, 0.1) is 23.4 Å². The Hall–Kier alpha value is -3.81. The van der Waals surface area contributed by atoms with E-state index < -0.39 is 0 Å². The number of ketones is 1. The normalized spacial score (nSPS) is 17.9. The summed E-state index contributed by atoms with van der Waals surface area (Å²) in [5, 5.41) is 15.5. The maximum absolute atomic E-state index is 13.5. The topological polar surface area (TPSA) is 80.8 Å². The van der Waals surface area contributed by atoms with Crippen LogP contribution in [-0.4, -0.2) is 65.1 Å². The number of carbonyl (C=O) groups is 1. The minimum atomic E-state index is -0.323. The maximum atomic E-state index is 13.5. The van der Waals surface area contributed by atoms with Crippen LogP contribution >= 0.6 is 11.3 Å². The molecule has 2 aliphatic heterocycles. The second-order valence-electron chi connectivity index (χ2n) is 11.9. The second kappa shape index (κ2) is 9.64. The van der Waals surface area contributed by atoms with Crippen LogP contribution in [0.3, 0.4) is 0 Å². The third kappa shape index (κ3) is 4.48. The lowest BCUT2D eigenvalue weighted by atomic mass is 9.72. The molecule has 41 heavy (non-hydrogen) atoms. The first kappa shape index (κ1) is 26.1. The average molecular weight is 570 g/mol. The number of thiazole rings is 1. The van der Waals surface area contributed by atoms with E-state index in [0.29, 0.717) is 44.9 Å². The van der Waals surface area contributed by atoms with Crippen molar-refractivity contribution >= 4 is 39.1 Å². The zero-order valence-corrected chi connectivity index (χ0v) is 24.3. The van der Waals surface area contributed by atoms with Gasteiger partial charge in [-0.2, -0.15) is 10.4 Å². The quantitative estimate of drug-likeness (QED) is 0.288. The van der Waals surface area contributed by atoms with Gasteiger partial charge in [-0.1, -0.05) is 18.3 Å². The van der Waals surface area contributed by atoms with E-state index in [1.54, 1.807) is 12.1 Å². The molecule has 2 saturated heterocycles. The number of benzene rings is 1. The fourth-order valence-corrected chi connectivity index (χ4v) is 7.31. The lowest BCUT2D eigenvalue weighted by Gasteiger charge is -2.61. The van der Waals surface area contributed by atoms with Crippen LogP contribution in [0.5, 0.6) is 0 Å². The molecule has 3 aliphatic rings. The van der Waals surface area contributed by atoms with Gasteiger partial charge in [0, 0.05) is 61.5 Å². The highest BCUT2D eigenvalue weighted by Crippen LogP contribution is 2.44. The van der Waals surface area contributed by atoms with Gasteiger partial charge >= 0.3 is 0 Å². The van der Waals surface area contributed by atoms with Gasteiger partial charge in [0.1, 0.15) is 28.2 Å². The Morgan fingerprint density at radius 2 is 1.93 bits per heavy atom. The number of hydrogen-bond donors (Lipinski definition) is 0. The predicted molar refractivity (Wildman–Crippen MR) is 158 cm³/mol. The zero-order chi connectivity index (χ0) is 28.5. The van der Waals surface area contributed by atoms with Crippen LogP contribution in [0.25, 0.3) is 16.8 Å². The van der Waals surface area contributed by atoms with Crippen molar-refractivity contribution in [1.29, 1.82) is 5.26 Å². The summed E-state index contributed by atoms with van der Waals surface area (Å²) in [5.41, 5.74) is 6.74. The number of anilines is 3. The van der Waals surface area contributed by atoms with Crippen molar-refractivity contribution in [3.8, 4) is 17.3 Å². The summed E-state index contributed by atoms with van der Waals surface area (Å²) in [5.74, 6) is 0.435. The van der Waals surface area contributed by atoms with E-state index in [1.807, 2.05) is 16.5 Å². The highest BCUT2D eigenvalue weighted by Gasteiger charge is 2.52. The van der Waals surface area contributed by atoms with E-state index in [2.05, 4.69) is 41.8 Å². The number of hydrogen-bond acceptors (Lipinski definition) is 8. The van der Waals surface area contributed by atoms with Crippen LogP contribution in [0.2, 0.25) is 0 Å². The van der Waals surface area contributed by atoms with E-state index >= 15 is 0 Å². The molecule has 3 fully saturated rings. The lowest BCUT2D eigenvalue weighted by Crippen LogP contribution is -2.72. The van der Waals surface area contributed by atoms with Crippen molar-refractivity contribution in [3.05, 3.63) is 58.5 Å². The van der Waals surface area contributed by atoms with Gasteiger partial charge in [0.15, 0.2) is 5.13 Å². The first-order valence-corrected chi connectivity index (χ1v) is 15.0. The molecule has 7 rings (SSSR count). The highest BCUT2D eigenvalue weighted by atomic mass is 32.1. The Morgan fingerprint density at radius 3 is 2.59 bits per heavy atom. The minimum Gasteiger partial charge on any atom is -0.370 e. The summed E-state index contributed by atoms with van der Waals surface area (Å²) in [7, 11) is 1.97. The molecule has 0 unspecified atom stereocenters. The SMILES string of the molecule is CCc1nn2c(C)cc(N3CC4(CN(CC(=O)C5CC5)C4)C3)cc2c1N(C)c1nc(-c2ccc(F)cc2)c(C#N)s1. The Labute approximate surface area is 242 Å². The molecular formula is C31H32FN7OS. The first-order valence-electron chi connectivity index (χ1n) is 14.2. The maximum Gasteiger partial charge on any atom is 0.191 e. The van der Waals surface area contributed by atoms with Crippen molar-refractivity contribution in [2.75, 3.05) is 49.6 Å². The summed E-state index contributed by atoms with van der Waals surface area (Å²) >= 11 is 1.33. The second-order valence-corrected chi connectivity index (χ2v) is 12.9. The number of aromatic nitrogens is 3. The highest BCUT2D eigenvalue weighted by molar-refractivity contribution is 7.16. The largest absolute Gasteiger partial charge is 0.370 e. The molecule has 4 aromatic rings. The van der Waals surface area contributed by atoms with Gasteiger partial charge in [-0.3, -0.25) is 9.69 Å². The van der Waals surface area contributed by atoms with Crippen molar-refractivity contribution in [2.45, 2.75) is 33.1 Å². The first-order chi connectivity index (χ1) is 19.8. The third-order valence-electron chi connectivity index (χ3n) is 8.68. The molecule has 0 radical (unpaired) electrons. The molecule has 1 aromatic carbocycles. The molecule has 10 heteroatoms. The molecule has 5 heterocycles. The van der Waals surface area contributed by atoms with E-state index in [0.717, 1.165) is 68.0 Å². The number of pyridine rings is 1. The summed E-state index contributed by atoms with van der Waals surface area (Å²) < 4.78 is 15.5. The van der Waals surface area contributed by atoms with Crippen LogP contribution in [0.1, 0.15) is 36.0 Å². The Bertz CT molecular complexity index is 1700. The fourth-order valence-electron chi connectivity index (χ4n) is 6.45. The van der Waals surface area contributed by atoms with Gasteiger partial charge in [-0.25, -0.2) is 13.9 Å². The monoisotopic (exact) mass is 569 g/mol. The Kier molecular flexibility index (Phi) is 6.14. The number of Topliss-reactive ketones (excluding diaryl/α,β-unsaturated/α-hetero) is 1. The zero-order valence-electron chi connectivity index (χ0n) is 23.5. The summed E-state index contributed by atoms with van der Waals surface area (Å²) in [6.07, 6.45) is 2.91. The van der Waals surface area contributed by atoms with E-state index in [-0.39, 0.29) is 5.82 Å². The molecule has 1 aliphatic carbocycles. The average Bonchev–Trinajstić information content (AvgIpc) is 3.58. The number of rotatable bonds is 8. The fraction of sp³-hybridized carbons (Fsp3) is 0.419. The summed E-state index contributed by atoms with van der Waals surface area (Å²) in [4.78, 5) is 24.3. The van der Waals surface area contributed by atoms with E-state index in [1.165, 1.54) is 29.2 Å². The third-order valence-corrected chi connectivity index (χ3v) is 9.72. The van der Waals surface area contributed by atoms with E-state index in [9.17, 15) is 14.4 Å². The summed E-state index contributed by atoms with van der Waals surface area (Å²) in [6.45, 7) is 8.80. The van der Waals surface area contributed by atoms with Crippen molar-refractivity contribution in [3.63, 3.8) is 0 Å². The van der Waals surface area contributed by atoms with Crippen molar-refractivity contribution in [2.24, 2.45) is 11.3 Å². The van der Waals surface area contributed by atoms with Crippen LogP contribution in [-0.2, 0) is 11.2 Å². The van der Waals surface area contributed by atoms with Crippen molar-refractivity contribution in [1.82, 2.24) is 19.5 Å². The van der Waals surface area contributed by atoms with Gasteiger partial charge in [-0.15, -0.1) is 0 Å².